The quantitative estimate of drug-likeness (QED) is 0.579. The second-order valence-corrected chi connectivity index (χ2v) is 8.00. The van der Waals surface area contributed by atoms with Gasteiger partial charge < -0.3 is 9.47 Å². The lowest BCUT2D eigenvalue weighted by atomic mass is 9.96. The van der Waals surface area contributed by atoms with Crippen LogP contribution >= 0.6 is 11.3 Å². The van der Waals surface area contributed by atoms with Gasteiger partial charge in [-0.15, -0.1) is 0 Å². The Morgan fingerprint density at radius 1 is 1.16 bits per heavy atom. The van der Waals surface area contributed by atoms with Crippen molar-refractivity contribution >= 4 is 23.4 Å². The smallest absolute Gasteiger partial charge is 0.338 e. The first-order chi connectivity index (χ1) is 15.0. The van der Waals surface area contributed by atoms with Crippen molar-refractivity contribution in [3.05, 3.63) is 96.7 Å². The van der Waals surface area contributed by atoms with Gasteiger partial charge in [0, 0.05) is 0 Å². The van der Waals surface area contributed by atoms with Gasteiger partial charge in [-0.3, -0.25) is 9.36 Å². The standard InChI is InChI=1S/C24H22N2O4S/c1-4-30-23(28)20-15(2)25-24-26(21(20)17-10-12-18(29-3)13-11-17)22(27)19(31-24)14-16-8-6-5-7-9-16/h5-14,21H,4H2,1-3H3/t21-/m0/s1. The second kappa shape index (κ2) is 8.73. The molecule has 0 amide bonds. The highest BCUT2D eigenvalue weighted by atomic mass is 32.1. The number of aromatic nitrogens is 1. The maximum atomic E-state index is 13.4. The van der Waals surface area contributed by atoms with Crippen LogP contribution in [-0.4, -0.2) is 24.3 Å². The number of carbonyl (C=O) groups is 1. The second-order valence-electron chi connectivity index (χ2n) is 6.99. The molecular formula is C24H22N2O4S. The molecule has 0 aliphatic carbocycles. The highest BCUT2D eigenvalue weighted by molar-refractivity contribution is 7.07. The van der Waals surface area contributed by atoms with Crippen molar-refractivity contribution in [2.75, 3.05) is 13.7 Å². The molecule has 0 saturated carbocycles. The van der Waals surface area contributed by atoms with Gasteiger partial charge in [-0.1, -0.05) is 53.8 Å². The molecular weight excluding hydrogens is 412 g/mol. The van der Waals surface area contributed by atoms with E-state index >= 15 is 0 Å². The van der Waals surface area contributed by atoms with Gasteiger partial charge in [0.25, 0.3) is 5.56 Å². The zero-order chi connectivity index (χ0) is 22.0. The summed E-state index contributed by atoms with van der Waals surface area (Å²) in [5, 5.41) is 0. The van der Waals surface area contributed by atoms with Gasteiger partial charge in [-0.2, -0.15) is 0 Å². The number of esters is 1. The van der Waals surface area contributed by atoms with Gasteiger partial charge in [0.1, 0.15) is 5.75 Å². The van der Waals surface area contributed by atoms with Crippen LogP contribution in [0.2, 0.25) is 0 Å². The normalized spacial score (nSPS) is 16.0. The first-order valence-corrected chi connectivity index (χ1v) is 10.7. The summed E-state index contributed by atoms with van der Waals surface area (Å²) < 4.78 is 12.7. The largest absolute Gasteiger partial charge is 0.497 e. The topological polar surface area (TPSA) is 69.9 Å². The van der Waals surface area contributed by atoms with Gasteiger partial charge in [-0.25, -0.2) is 9.79 Å². The van der Waals surface area contributed by atoms with E-state index in [2.05, 4.69) is 4.99 Å². The van der Waals surface area contributed by atoms with Crippen LogP contribution in [0.5, 0.6) is 5.75 Å². The molecule has 158 valence electrons. The molecule has 0 bridgehead atoms. The number of ether oxygens (including phenoxy) is 2. The first-order valence-electron chi connectivity index (χ1n) is 9.92. The molecule has 6 nitrogen and oxygen atoms in total. The molecule has 2 heterocycles. The summed E-state index contributed by atoms with van der Waals surface area (Å²) >= 11 is 1.31. The van der Waals surface area contributed by atoms with Gasteiger partial charge in [0.2, 0.25) is 0 Å². The Hall–Kier alpha value is -3.45. The van der Waals surface area contributed by atoms with Gasteiger partial charge in [0.05, 0.1) is 35.6 Å². The van der Waals surface area contributed by atoms with Crippen LogP contribution < -0.4 is 19.6 Å². The zero-order valence-electron chi connectivity index (χ0n) is 17.5. The average molecular weight is 435 g/mol. The number of hydrogen-bond acceptors (Lipinski definition) is 6. The molecule has 1 aromatic heterocycles. The number of hydrogen-bond donors (Lipinski definition) is 0. The Labute approximate surface area is 183 Å². The van der Waals surface area contributed by atoms with Crippen LogP contribution in [0.25, 0.3) is 6.08 Å². The van der Waals surface area contributed by atoms with Crippen LogP contribution in [0.3, 0.4) is 0 Å². The number of methoxy groups -OCH3 is 1. The Morgan fingerprint density at radius 3 is 2.52 bits per heavy atom. The molecule has 1 aliphatic heterocycles. The summed E-state index contributed by atoms with van der Waals surface area (Å²) in [6, 6.07) is 16.4. The van der Waals surface area contributed by atoms with E-state index in [9.17, 15) is 9.59 Å². The van der Waals surface area contributed by atoms with Gasteiger partial charge in [0.15, 0.2) is 4.80 Å². The first kappa shape index (κ1) is 20.8. The van der Waals surface area contributed by atoms with Crippen LogP contribution in [0.15, 0.2) is 75.7 Å². The van der Waals surface area contributed by atoms with Crippen LogP contribution in [0, 0.1) is 0 Å². The lowest BCUT2D eigenvalue weighted by Gasteiger charge is -2.24. The number of fused-ring (bicyclic) bond motifs is 1. The molecule has 0 saturated heterocycles. The molecule has 0 radical (unpaired) electrons. The summed E-state index contributed by atoms with van der Waals surface area (Å²) in [4.78, 5) is 31.4. The zero-order valence-corrected chi connectivity index (χ0v) is 18.3. The van der Waals surface area contributed by atoms with E-state index < -0.39 is 12.0 Å². The number of thiazole rings is 1. The molecule has 1 atom stereocenters. The van der Waals surface area contributed by atoms with E-state index in [-0.39, 0.29) is 12.2 Å². The fraction of sp³-hybridized carbons (Fsp3) is 0.208. The molecule has 31 heavy (non-hydrogen) atoms. The SMILES string of the molecule is CCOC(=O)C1=C(C)N=c2sc(=Cc3ccccc3)c(=O)n2[C@H]1c1ccc(OC)cc1. The Balaban J connectivity index is 1.95. The van der Waals surface area contributed by atoms with Crippen molar-refractivity contribution in [2.45, 2.75) is 19.9 Å². The predicted octanol–water partition coefficient (Wildman–Crippen LogP) is 2.81. The molecule has 0 N–H and O–H groups in total. The maximum Gasteiger partial charge on any atom is 0.338 e. The summed E-state index contributed by atoms with van der Waals surface area (Å²) in [5.74, 6) is 0.223. The maximum absolute atomic E-state index is 13.4. The van der Waals surface area contributed by atoms with E-state index in [4.69, 9.17) is 9.47 Å². The number of rotatable bonds is 5. The third-order valence-corrected chi connectivity index (χ3v) is 6.03. The monoisotopic (exact) mass is 434 g/mol. The number of benzene rings is 2. The van der Waals surface area contributed by atoms with Crippen molar-refractivity contribution in [1.82, 2.24) is 4.57 Å². The summed E-state index contributed by atoms with van der Waals surface area (Å²) in [6.45, 7) is 3.77. The van der Waals surface area contributed by atoms with E-state index in [1.807, 2.05) is 60.7 Å². The van der Waals surface area contributed by atoms with Crippen molar-refractivity contribution in [3.8, 4) is 5.75 Å². The molecule has 0 spiro atoms. The van der Waals surface area contributed by atoms with Gasteiger partial charge in [-0.05, 0) is 43.2 Å². The summed E-state index contributed by atoms with van der Waals surface area (Å²) in [5.41, 5.74) is 2.43. The lowest BCUT2D eigenvalue weighted by molar-refractivity contribution is -0.139. The van der Waals surface area contributed by atoms with Crippen LogP contribution in [0.1, 0.15) is 31.0 Å². The van der Waals surface area contributed by atoms with E-state index in [0.29, 0.717) is 26.4 Å². The highest BCUT2D eigenvalue weighted by Gasteiger charge is 2.33. The average Bonchev–Trinajstić information content (AvgIpc) is 3.08. The summed E-state index contributed by atoms with van der Waals surface area (Å²) in [7, 11) is 1.59. The van der Waals surface area contributed by atoms with Crippen molar-refractivity contribution in [3.63, 3.8) is 0 Å². The van der Waals surface area contributed by atoms with E-state index in [0.717, 1.165) is 11.1 Å². The molecule has 7 heteroatoms. The Morgan fingerprint density at radius 2 is 1.87 bits per heavy atom. The van der Waals surface area contributed by atoms with Crippen LogP contribution in [-0.2, 0) is 9.53 Å². The molecule has 4 rings (SSSR count). The van der Waals surface area contributed by atoms with E-state index in [1.165, 1.54) is 11.3 Å². The molecule has 2 aromatic carbocycles. The van der Waals surface area contributed by atoms with E-state index in [1.54, 1.807) is 25.5 Å². The molecule has 3 aromatic rings. The summed E-state index contributed by atoms with van der Waals surface area (Å²) in [6.07, 6.45) is 1.85. The Kier molecular flexibility index (Phi) is 5.86. The Bertz CT molecular complexity index is 1320. The third-order valence-electron chi connectivity index (χ3n) is 5.05. The predicted molar refractivity (Wildman–Crippen MR) is 120 cm³/mol. The number of allylic oxidation sites excluding steroid dienone is 1. The van der Waals surface area contributed by atoms with Crippen LogP contribution in [0.4, 0.5) is 0 Å². The third kappa shape index (κ3) is 3.96. The minimum absolute atomic E-state index is 0.192. The molecule has 0 fully saturated rings. The fourth-order valence-corrected chi connectivity index (χ4v) is 4.64. The molecule has 0 unspecified atom stereocenters. The minimum atomic E-state index is -0.626. The van der Waals surface area contributed by atoms with Crippen molar-refractivity contribution in [2.24, 2.45) is 4.99 Å². The lowest BCUT2D eigenvalue weighted by Crippen LogP contribution is -2.39. The number of nitrogens with zero attached hydrogens (tertiary/aromatic N) is 2. The van der Waals surface area contributed by atoms with Crippen molar-refractivity contribution < 1.29 is 14.3 Å². The number of carbonyl (C=O) groups excluding carboxylic acids is 1. The fourth-order valence-electron chi connectivity index (χ4n) is 3.59. The minimum Gasteiger partial charge on any atom is -0.497 e. The molecule has 1 aliphatic rings. The highest BCUT2D eigenvalue weighted by Crippen LogP contribution is 2.31. The van der Waals surface area contributed by atoms with Crippen molar-refractivity contribution in [1.29, 1.82) is 0 Å². The van der Waals surface area contributed by atoms with Gasteiger partial charge >= 0.3 is 5.97 Å².